The number of thioether (sulfide) groups is 1. The van der Waals surface area contributed by atoms with Gasteiger partial charge in [-0.1, -0.05) is 11.8 Å². The number of carbonyl (C=O) groups is 1. The Hall–Kier alpha value is -1.08. The number of carbonyl (C=O) groups excluding carboxylic acids is 1. The Kier molecular flexibility index (Phi) is 5.42. The van der Waals surface area contributed by atoms with E-state index in [1.54, 1.807) is 11.0 Å². The van der Waals surface area contributed by atoms with Crippen molar-refractivity contribution < 1.29 is 23.1 Å². The van der Waals surface area contributed by atoms with Crippen LogP contribution in [0.25, 0.3) is 0 Å². The maximum atomic E-state index is 12.2. The average Bonchev–Trinajstić information content (AvgIpc) is 3.05. The predicted molar refractivity (Wildman–Crippen MR) is 71.7 cm³/mol. The number of furan rings is 1. The van der Waals surface area contributed by atoms with Crippen LogP contribution in [0.5, 0.6) is 0 Å². The van der Waals surface area contributed by atoms with Crippen molar-refractivity contribution in [3.8, 4) is 0 Å². The van der Waals surface area contributed by atoms with Crippen molar-refractivity contribution in [3.63, 3.8) is 0 Å². The molecule has 20 heavy (non-hydrogen) atoms. The summed E-state index contributed by atoms with van der Waals surface area (Å²) in [5.74, 6) is -1.70. The highest BCUT2D eigenvalue weighted by molar-refractivity contribution is 7.98. The molecule has 1 amide bonds. The Morgan fingerprint density at radius 3 is 3.05 bits per heavy atom. The number of aliphatic hydroxyl groups excluding tert-OH is 1. The van der Waals surface area contributed by atoms with Crippen LogP contribution in [0, 0.1) is 5.92 Å². The van der Waals surface area contributed by atoms with Crippen molar-refractivity contribution in [2.75, 3.05) is 19.7 Å². The summed E-state index contributed by atoms with van der Waals surface area (Å²) >= 11 is 0.469. The second kappa shape index (κ2) is 7.08. The Labute approximate surface area is 120 Å². The molecule has 1 aromatic rings. The molecule has 0 aliphatic carbocycles. The molecule has 1 N–H and O–H groups in total. The highest BCUT2D eigenvalue weighted by Crippen LogP contribution is 2.24. The Morgan fingerprint density at radius 1 is 1.55 bits per heavy atom. The molecule has 1 unspecified atom stereocenters. The number of nitrogens with zero attached hydrogens (tertiary/aromatic N) is 1. The zero-order valence-electron chi connectivity index (χ0n) is 10.9. The molecule has 1 aliphatic heterocycles. The molecule has 4 nitrogen and oxygen atoms in total. The molecule has 0 spiro atoms. The molecule has 1 fully saturated rings. The van der Waals surface area contributed by atoms with E-state index >= 15 is 0 Å². The summed E-state index contributed by atoms with van der Waals surface area (Å²) in [5, 5.41) is 8.89. The number of alkyl halides is 2. The van der Waals surface area contributed by atoms with Crippen molar-refractivity contribution in [2.24, 2.45) is 5.92 Å². The smallest absolute Gasteiger partial charge is 0.289 e. The van der Waals surface area contributed by atoms with E-state index in [1.807, 2.05) is 0 Å². The van der Waals surface area contributed by atoms with E-state index in [9.17, 15) is 13.6 Å². The summed E-state index contributed by atoms with van der Waals surface area (Å²) in [6.07, 6.45) is 1.57. The minimum Gasteiger partial charge on any atom is -0.455 e. The molecular formula is C13H17F2NO3S. The fourth-order valence-electron chi connectivity index (χ4n) is 2.31. The lowest BCUT2D eigenvalue weighted by molar-refractivity contribution is 0.0751. The first-order valence-electron chi connectivity index (χ1n) is 6.48. The molecular weight excluding hydrogens is 288 g/mol. The van der Waals surface area contributed by atoms with Gasteiger partial charge in [-0.3, -0.25) is 4.79 Å². The van der Waals surface area contributed by atoms with Gasteiger partial charge in [0.25, 0.3) is 11.7 Å². The van der Waals surface area contributed by atoms with Gasteiger partial charge in [0, 0.05) is 19.7 Å². The van der Waals surface area contributed by atoms with E-state index in [0.29, 0.717) is 43.0 Å². The van der Waals surface area contributed by atoms with Crippen molar-refractivity contribution >= 4 is 17.7 Å². The molecule has 0 radical (unpaired) electrons. The van der Waals surface area contributed by atoms with Crippen molar-refractivity contribution in [1.29, 1.82) is 0 Å². The number of halogens is 2. The monoisotopic (exact) mass is 305 g/mol. The summed E-state index contributed by atoms with van der Waals surface area (Å²) < 4.78 is 29.5. The van der Waals surface area contributed by atoms with E-state index in [2.05, 4.69) is 0 Å². The van der Waals surface area contributed by atoms with Crippen LogP contribution in [-0.4, -0.2) is 41.4 Å². The first-order valence-corrected chi connectivity index (χ1v) is 7.53. The fraction of sp³-hybridized carbons (Fsp3) is 0.615. The lowest BCUT2D eigenvalue weighted by Gasteiger charge is -2.14. The number of amides is 1. The SMILES string of the molecule is O=C(c1ccc(CSC(F)F)o1)N1CCC(CCO)C1. The lowest BCUT2D eigenvalue weighted by atomic mass is 10.1. The number of hydrogen-bond acceptors (Lipinski definition) is 4. The first kappa shape index (κ1) is 15.3. The summed E-state index contributed by atoms with van der Waals surface area (Å²) in [5.41, 5.74) is 0. The second-order valence-electron chi connectivity index (χ2n) is 4.76. The molecule has 0 aromatic carbocycles. The van der Waals surface area contributed by atoms with E-state index in [1.165, 1.54) is 6.07 Å². The van der Waals surface area contributed by atoms with Gasteiger partial charge >= 0.3 is 0 Å². The van der Waals surface area contributed by atoms with Gasteiger partial charge in [-0.05, 0) is 30.9 Å². The van der Waals surface area contributed by atoms with Crippen LogP contribution in [0.3, 0.4) is 0 Å². The van der Waals surface area contributed by atoms with Gasteiger partial charge in [-0.15, -0.1) is 0 Å². The van der Waals surface area contributed by atoms with Gasteiger partial charge in [-0.2, -0.15) is 8.78 Å². The standard InChI is InChI=1S/C13H17F2NO3S/c14-13(15)20-8-10-1-2-11(19-10)12(18)16-5-3-9(7-16)4-6-17/h1-2,9,13,17H,3-8H2. The van der Waals surface area contributed by atoms with Crippen molar-refractivity contribution in [2.45, 2.75) is 24.4 Å². The van der Waals surface area contributed by atoms with Crippen molar-refractivity contribution in [3.05, 3.63) is 23.7 Å². The zero-order valence-corrected chi connectivity index (χ0v) is 11.7. The molecule has 0 saturated carbocycles. The van der Waals surface area contributed by atoms with Gasteiger partial charge in [0.2, 0.25) is 0 Å². The third kappa shape index (κ3) is 3.96. The largest absolute Gasteiger partial charge is 0.455 e. The van der Waals surface area contributed by atoms with Gasteiger partial charge in [0.1, 0.15) is 5.76 Å². The molecule has 2 heterocycles. The Balaban J connectivity index is 1.90. The van der Waals surface area contributed by atoms with E-state index < -0.39 is 5.76 Å². The summed E-state index contributed by atoms with van der Waals surface area (Å²) in [7, 11) is 0. The highest BCUT2D eigenvalue weighted by Gasteiger charge is 2.28. The van der Waals surface area contributed by atoms with Crippen LogP contribution in [0.1, 0.15) is 29.2 Å². The number of aliphatic hydroxyl groups is 1. The Morgan fingerprint density at radius 2 is 2.35 bits per heavy atom. The minimum absolute atomic E-state index is 0.0537. The fourth-order valence-corrected chi connectivity index (χ4v) is 2.75. The molecule has 7 heteroatoms. The molecule has 0 bridgehead atoms. The summed E-state index contributed by atoms with van der Waals surface area (Å²) in [6, 6.07) is 3.09. The number of rotatable bonds is 6. The maximum Gasteiger partial charge on any atom is 0.289 e. The van der Waals surface area contributed by atoms with Crippen LogP contribution in [0.4, 0.5) is 8.78 Å². The summed E-state index contributed by atoms with van der Waals surface area (Å²) in [6.45, 7) is 1.38. The average molecular weight is 305 g/mol. The Bertz CT molecular complexity index is 453. The van der Waals surface area contributed by atoms with Gasteiger partial charge in [0.05, 0.1) is 5.75 Å². The van der Waals surface area contributed by atoms with E-state index in [-0.39, 0.29) is 24.0 Å². The van der Waals surface area contributed by atoms with E-state index in [4.69, 9.17) is 9.52 Å². The van der Waals surface area contributed by atoms with Crippen molar-refractivity contribution in [1.82, 2.24) is 4.90 Å². The van der Waals surface area contributed by atoms with Crippen LogP contribution >= 0.6 is 11.8 Å². The maximum absolute atomic E-state index is 12.2. The van der Waals surface area contributed by atoms with Gasteiger partial charge in [0.15, 0.2) is 5.76 Å². The van der Waals surface area contributed by atoms with Gasteiger partial charge in [-0.25, -0.2) is 0 Å². The first-order chi connectivity index (χ1) is 9.60. The van der Waals surface area contributed by atoms with Gasteiger partial charge < -0.3 is 14.4 Å². The molecule has 1 atom stereocenters. The van der Waals surface area contributed by atoms with E-state index in [0.717, 1.165) is 6.42 Å². The van der Waals surface area contributed by atoms with Crippen LogP contribution in [0.15, 0.2) is 16.5 Å². The third-order valence-electron chi connectivity index (χ3n) is 3.33. The van der Waals surface area contributed by atoms with Crippen LogP contribution in [-0.2, 0) is 5.75 Å². The normalized spacial score (nSPS) is 19.0. The quantitative estimate of drug-likeness (QED) is 0.877. The van der Waals surface area contributed by atoms with Crippen LogP contribution in [0.2, 0.25) is 0 Å². The lowest BCUT2D eigenvalue weighted by Crippen LogP contribution is -2.28. The molecule has 112 valence electrons. The third-order valence-corrected chi connectivity index (χ3v) is 4.04. The molecule has 1 aliphatic rings. The zero-order chi connectivity index (χ0) is 14.5. The van der Waals surface area contributed by atoms with Crippen LogP contribution < -0.4 is 0 Å². The number of hydrogen-bond donors (Lipinski definition) is 1. The predicted octanol–water partition coefficient (Wildman–Crippen LogP) is 2.58. The number of likely N-dealkylation sites (tertiary alicyclic amines) is 1. The molecule has 1 saturated heterocycles. The minimum atomic E-state index is -2.45. The topological polar surface area (TPSA) is 53.7 Å². The second-order valence-corrected chi connectivity index (χ2v) is 5.73. The summed E-state index contributed by atoms with van der Waals surface area (Å²) in [4.78, 5) is 13.8. The molecule has 1 aromatic heterocycles. The molecule has 2 rings (SSSR count). The highest BCUT2D eigenvalue weighted by atomic mass is 32.2.